The van der Waals surface area contributed by atoms with Gasteiger partial charge in [0, 0.05) is 24.5 Å². The van der Waals surface area contributed by atoms with Crippen LogP contribution in [-0.4, -0.2) is 10.5 Å². The van der Waals surface area contributed by atoms with Crippen LogP contribution in [0.25, 0.3) is 0 Å². The van der Waals surface area contributed by atoms with Gasteiger partial charge in [0.2, 0.25) is 0 Å². The highest BCUT2D eigenvalue weighted by Gasteiger charge is 2.17. The first-order chi connectivity index (χ1) is 6.70. The van der Waals surface area contributed by atoms with Crippen molar-refractivity contribution in [2.75, 3.05) is 0 Å². The zero-order valence-electron chi connectivity index (χ0n) is 9.38. The molecule has 0 amide bonds. The molecule has 78 valence electrons. The molecule has 0 saturated carbocycles. The molecule has 1 heterocycles. The van der Waals surface area contributed by atoms with Crippen molar-refractivity contribution >= 4 is 0 Å². The van der Waals surface area contributed by atoms with Crippen LogP contribution in [0, 0.1) is 0 Å². The maximum atomic E-state index is 4.00. The van der Waals surface area contributed by atoms with Crippen molar-refractivity contribution in [1.29, 1.82) is 0 Å². The fourth-order valence-electron chi connectivity index (χ4n) is 1.32. The van der Waals surface area contributed by atoms with Gasteiger partial charge in [-0.3, -0.25) is 4.98 Å². The maximum Gasteiger partial charge on any atom is 0.0271 e. The number of pyridine rings is 1. The number of aromatic nitrogens is 1. The number of rotatable bonds is 5. The smallest absolute Gasteiger partial charge is 0.0271 e. The summed E-state index contributed by atoms with van der Waals surface area (Å²) in [5.41, 5.74) is 1.57. The summed E-state index contributed by atoms with van der Waals surface area (Å²) in [7, 11) is 0. The summed E-state index contributed by atoms with van der Waals surface area (Å²) in [6.45, 7) is 7.65. The first kappa shape index (κ1) is 11.2. The van der Waals surface area contributed by atoms with Crippen LogP contribution in [0.3, 0.4) is 0 Å². The predicted molar refractivity (Wildman–Crippen MR) is 60.1 cm³/mol. The summed E-state index contributed by atoms with van der Waals surface area (Å²) in [6, 6.07) is 4.11. The van der Waals surface area contributed by atoms with Gasteiger partial charge in [-0.15, -0.1) is 0 Å². The van der Waals surface area contributed by atoms with Crippen molar-refractivity contribution in [2.24, 2.45) is 0 Å². The van der Waals surface area contributed by atoms with Gasteiger partial charge in [-0.05, 0) is 37.5 Å². The lowest BCUT2D eigenvalue weighted by molar-refractivity contribution is 0.329. The van der Waals surface area contributed by atoms with E-state index in [2.05, 4.69) is 43.2 Å². The Bertz CT molecular complexity index is 252. The van der Waals surface area contributed by atoms with Crippen LogP contribution in [0.1, 0.15) is 39.2 Å². The molecule has 0 atom stereocenters. The molecule has 1 aromatic heterocycles. The number of hydrogen-bond donors (Lipinski definition) is 1. The van der Waals surface area contributed by atoms with Gasteiger partial charge in [0.05, 0.1) is 0 Å². The molecule has 0 fully saturated rings. The molecular weight excluding hydrogens is 172 g/mol. The van der Waals surface area contributed by atoms with E-state index in [1.165, 1.54) is 5.56 Å². The Labute approximate surface area is 86.8 Å². The minimum Gasteiger partial charge on any atom is -0.307 e. The van der Waals surface area contributed by atoms with Crippen LogP contribution in [0.5, 0.6) is 0 Å². The SMILES string of the molecule is CCC(C)(CC)NCc1ccncc1. The second-order valence-corrected chi connectivity index (χ2v) is 3.98. The second-order valence-electron chi connectivity index (χ2n) is 3.98. The lowest BCUT2D eigenvalue weighted by atomic mass is 9.95. The largest absolute Gasteiger partial charge is 0.307 e. The fraction of sp³-hybridized carbons (Fsp3) is 0.583. The van der Waals surface area contributed by atoms with E-state index in [1.54, 1.807) is 0 Å². The lowest BCUT2D eigenvalue weighted by Crippen LogP contribution is -2.40. The lowest BCUT2D eigenvalue weighted by Gasteiger charge is -2.28. The number of nitrogens with one attached hydrogen (secondary N) is 1. The third-order valence-corrected chi connectivity index (χ3v) is 3.03. The molecule has 1 N–H and O–H groups in total. The first-order valence-corrected chi connectivity index (χ1v) is 5.34. The van der Waals surface area contributed by atoms with Crippen molar-refractivity contribution in [3.63, 3.8) is 0 Å². The van der Waals surface area contributed by atoms with Crippen molar-refractivity contribution in [3.8, 4) is 0 Å². The van der Waals surface area contributed by atoms with Gasteiger partial charge < -0.3 is 5.32 Å². The van der Waals surface area contributed by atoms with E-state index < -0.39 is 0 Å². The van der Waals surface area contributed by atoms with Crippen molar-refractivity contribution in [1.82, 2.24) is 10.3 Å². The van der Waals surface area contributed by atoms with E-state index in [9.17, 15) is 0 Å². The van der Waals surface area contributed by atoms with Crippen molar-refractivity contribution < 1.29 is 0 Å². The van der Waals surface area contributed by atoms with E-state index in [4.69, 9.17) is 0 Å². The van der Waals surface area contributed by atoms with Gasteiger partial charge >= 0.3 is 0 Å². The van der Waals surface area contributed by atoms with Gasteiger partial charge in [-0.1, -0.05) is 13.8 Å². The highest BCUT2D eigenvalue weighted by Crippen LogP contribution is 2.14. The van der Waals surface area contributed by atoms with E-state index >= 15 is 0 Å². The van der Waals surface area contributed by atoms with Gasteiger partial charge in [0.1, 0.15) is 0 Å². The van der Waals surface area contributed by atoms with E-state index in [0.29, 0.717) is 0 Å². The summed E-state index contributed by atoms with van der Waals surface area (Å²) in [4.78, 5) is 4.00. The van der Waals surface area contributed by atoms with Crippen LogP contribution in [0.2, 0.25) is 0 Å². The Balaban J connectivity index is 2.48. The third kappa shape index (κ3) is 3.11. The van der Waals surface area contributed by atoms with Gasteiger partial charge in [-0.2, -0.15) is 0 Å². The topological polar surface area (TPSA) is 24.9 Å². The normalized spacial score (nSPS) is 11.6. The molecule has 0 saturated heterocycles. The molecule has 0 spiro atoms. The molecule has 1 rings (SSSR count). The number of nitrogens with zero attached hydrogens (tertiary/aromatic N) is 1. The molecule has 2 heteroatoms. The summed E-state index contributed by atoms with van der Waals surface area (Å²) in [5.74, 6) is 0. The van der Waals surface area contributed by atoms with Gasteiger partial charge in [-0.25, -0.2) is 0 Å². The van der Waals surface area contributed by atoms with Crippen LogP contribution < -0.4 is 5.32 Å². The minimum absolute atomic E-state index is 0.267. The van der Waals surface area contributed by atoms with E-state index in [0.717, 1.165) is 19.4 Å². The molecule has 0 aromatic carbocycles. The average Bonchev–Trinajstić information content (AvgIpc) is 2.27. The molecule has 2 nitrogen and oxygen atoms in total. The van der Waals surface area contributed by atoms with Crippen LogP contribution in [-0.2, 0) is 6.54 Å². The quantitative estimate of drug-likeness (QED) is 0.776. The van der Waals surface area contributed by atoms with Crippen molar-refractivity contribution in [2.45, 2.75) is 45.7 Å². The Morgan fingerprint density at radius 1 is 1.21 bits per heavy atom. The molecular formula is C12H20N2. The van der Waals surface area contributed by atoms with Gasteiger partial charge in [0.15, 0.2) is 0 Å². The van der Waals surface area contributed by atoms with Crippen molar-refractivity contribution in [3.05, 3.63) is 30.1 Å². The predicted octanol–water partition coefficient (Wildman–Crippen LogP) is 2.75. The summed E-state index contributed by atoms with van der Waals surface area (Å²) >= 11 is 0. The minimum atomic E-state index is 0.267. The average molecular weight is 192 g/mol. The summed E-state index contributed by atoms with van der Waals surface area (Å²) < 4.78 is 0. The Morgan fingerprint density at radius 3 is 2.29 bits per heavy atom. The highest BCUT2D eigenvalue weighted by atomic mass is 15.0. The van der Waals surface area contributed by atoms with Crippen LogP contribution >= 0.6 is 0 Å². The summed E-state index contributed by atoms with van der Waals surface area (Å²) in [5, 5.41) is 3.58. The summed E-state index contributed by atoms with van der Waals surface area (Å²) in [6.07, 6.45) is 6.00. The zero-order chi connectivity index (χ0) is 10.4. The van der Waals surface area contributed by atoms with Crippen LogP contribution in [0.4, 0.5) is 0 Å². The molecule has 14 heavy (non-hydrogen) atoms. The van der Waals surface area contributed by atoms with Gasteiger partial charge in [0.25, 0.3) is 0 Å². The maximum absolute atomic E-state index is 4.00. The highest BCUT2D eigenvalue weighted by molar-refractivity contribution is 5.09. The molecule has 1 aromatic rings. The number of hydrogen-bond acceptors (Lipinski definition) is 2. The Morgan fingerprint density at radius 2 is 1.79 bits per heavy atom. The molecule has 0 aliphatic carbocycles. The Kier molecular flexibility index (Phi) is 4.08. The Hall–Kier alpha value is -0.890. The van der Waals surface area contributed by atoms with Crippen LogP contribution in [0.15, 0.2) is 24.5 Å². The van der Waals surface area contributed by atoms with E-state index in [1.807, 2.05) is 12.4 Å². The second kappa shape index (κ2) is 5.11. The molecule has 0 aliphatic heterocycles. The fourth-order valence-corrected chi connectivity index (χ4v) is 1.32. The molecule has 0 bridgehead atoms. The third-order valence-electron chi connectivity index (χ3n) is 3.03. The molecule has 0 unspecified atom stereocenters. The molecule has 0 aliphatic rings. The standard InChI is InChI=1S/C12H20N2/c1-4-12(3,5-2)14-10-11-6-8-13-9-7-11/h6-9,14H,4-5,10H2,1-3H3. The monoisotopic (exact) mass is 192 g/mol. The van der Waals surface area contributed by atoms with E-state index in [-0.39, 0.29) is 5.54 Å². The zero-order valence-corrected chi connectivity index (χ0v) is 9.38. The first-order valence-electron chi connectivity index (χ1n) is 5.34. The molecule has 0 radical (unpaired) electrons.